The summed E-state index contributed by atoms with van der Waals surface area (Å²) in [6.07, 6.45) is 0.254. The molecule has 0 radical (unpaired) electrons. The van der Waals surface area contributed by atoms with E-state index in [1.165, 1.54) is 28.8 Å². The summed E-state index contributed by atoms with van der Waals surface area (Å²) in [5.41, 5.74) is 0.374. The number of thioether (sulfide) groups is 1. The number of hydrogen-bond donors (Lipinski definition) is 1. The lowest BCUT2D eigenvalue weighted by Gasteiger charge is -2.30. The number of benzene rings is 2. The summed E-state index contributed by atoms with van der Waals surface area (Å²) in [5, 5.41) is 2.91. The number of hydrogen-bond acceptors (Lipinski definition) is 4. The molecule has 1 heterocycles. The van der Waals surface area contributed by atoms with Crippen LogP contribution in [-0.2, 0) is 15.8 Å². The number of amides is 2. The normalized spacial score (nSPS) is 14.9. The molecule has 0 unspecified atom stereocenters. The first-order valence-corrected chi connectivity index (χ1v) is 13.0. The molecule has 0 saturated heterocycles. The molecular formula is C27H32F3N3O2S. The lowest BCUT2D eigenvalue weighted by molar-refractivity contribution is -0.137. The molecule has 194 valence electrons. The van der Waals surface area contributed by atoms with E-state index in [-0.39, 0.29) is 18.4 Å². The Balaban J connectivity index is 1.67. The van der Waals surface area contributed by atoms with Gasteiger partial charge in [-0.3, -0.25) is 14.5 Å². The molecule has 2 aromatic rings. The summed E-state index contributed by atoms with van der Waals surface area (Å²) < 4.78 is 38.6. The van der Waals surface area contributed by atoms with Crippen molar-refractivity contribution >= 4 is 35.3 Å². The summed E-state index contributed by atoms with van der Waals surface area (Å²) in [4.78, 5) is 30.9. The number of halogens is 3. The second-order valence-corrected chi connectivity index (χ2v) is 9.66. The fraction of sp³-hybridized carbons (Fsp3) is 0.407. The maximum atomic E-state index is 13.3. The smallest absolute Gasteiger partial charge is 0.355 e. The number of carbonyl (C=O) groups is 2. The van der Waals surface area contributed by atoms with Gasteiger partial charge in [0, 0.05) is 11.4 Å². The highest BCUT2D eigenvalue weighted by atomic mass is 32.2. The van der Waals surface area contributed by atoms with Crippen LogP contribution in [0.4, 0.5) is 18.9 Å². The predicted molar refractivity (Wildman–Crippen MR) is 139 cm³/mol. The summed E-state index contributed by atoms with van der Waals surface area (Å²) in [5.74, 6) is -0.610. The average Bonchev–Trinajstić information content (AvgIpc) is 2.86. The number of carbonyl (C=O) groups excluding carboxylic acids is 2. The maximum absolute atomic E-state index is 13.3. The number of fused-ring (bicyclic) bond motifs is 1. The van der Waals surface area contributed by atoms with Crippen molar-refractivity contribution in [1.82, 2.24) is 10.2 Å². The molecule has 9 heteroatoms. The van der Waals surface area contributed by atoms with E-state index >= 15 is 0 Å². The van der Waals surface area contributed by atoms with Gasteiger partial charge in [0.05, 0.1) is 16.2 Å². The second kappa shape index (κ2) is 13.0. The second-order valence-electron chi connectivity index (χ2n) is 8.58. The van der Waals surface area contributed by atoms with Crippen molar-refractivity contribution in [3.8, 4) is 0 Å². The van der Waals surface area contributed by atoms with E-state index in [0.29, 0.717) is 22.7 Å². The molecule has 0 fully saturated rings. The van der Waals surface area contributed by atoms with E-state index in [1.54, 1.807) is 18.2 Å². The monoisotopic (exact) mass is 519 g/mol. The van der Waals surface area contributed by atoms with Crippen LogP contribution in [0, 0.1) is 0 Å². The third-order valence-electron chi connectivity index (χ3n) is 5.92. The molecule has 1 N–H and O–H groups in total. The molecular weight excluding hydrogens is 487 g/mol. The zero-order valence-corrected chi connectivity index (χ0v) is 21.4. The van der Waals surface area contributed by atoms with Gasteiger partial charge in [0.25, 0.3) is 5.91 Å². The highest BCUT2D eigenvalue weighted by Crippen LogP contribution is 2.42. The van der Waals surface area contributed by atoms with Gasteiger partial charge in [-0.15, -0.1) is 0 Å². The average molecular weight is 520 g/mol. The standard InChI is InChI=1S/C27H32F3N3O2S/c1-3-5-16-32(4-2)17-8-15-31-25(34)19-33-22-9-6-7-10-23(22)36-24(26(33)35)18-20-11-13-21(14-12-20)27(28,29)30/h6-7,9-14,18H,3-5,8,15-17,19H2,1-2H3,(H,31,34)/b24-18-. The Morgan fingerprint density at radius 2 is 1.75 bits per heavy atom. The molecule has 0 saturated carbocycles. The number of nitrogens with one attached hydrogen (secondary N) is 1. The molecule has 1 aliphatic heterocycles. The topological polar surface area (TPSA) is 52.7 Å². The van der Waals surface area contributed by atoms with Crippen LogP contribution in [0.1, 0.15) is 44.2 Å². The molecule has 0 atom stereocenters. The zero-order chi connectivity index (χ0) is 26.1. The molecule has 0 aliphatic carbocycles. The fourth-order valence-electron chi connectivity index (χ4n) is 3.88. The van der Waals surface area contributed by atoms with Gasteiger partial charge >= 0.3 is 6.18 Å². The minimum atomic E-state index is -4.42. The van der Waals surface area contributed by atoms with Crippen LogP contribution in [0.15, 0.2) is 58.3 Å². The Kier molecular flexibility index (Phi) is 10.0. The molecule has 1 aliphatic rings. The van der Waals surface area contributed by atoms with E-state index in [0.717, 1.165) is 55.9 Å². The van der Waals surface area contributed by atoms with Crippen molar-refractivity contribution in [3.63, 3.8) is 0 Å². The SMILES string of the molecule is CCCCN(CC)CCCNC(=O)CN1C(=O)/C(=C/c2ccc(C(F)(F)F)cc2)Sc2ccccc21. The van der Waals surface area contributed by atoms with Crippen molar-refractivity contribution in [2.75, 3.05) is 37.6 Å². The third kappa shape index (κ3) is 7.61. The molecule has 0 spiro atoms. The number of unbranched alkanes of at least 4 members (excludes halogenated alkanes) is 1. The van der Waals surface area contributed by atoms with Gasteiger partial charge in [0.1, 0.15) is 6.54 Å². The number of para-hydroxylation sites is 1. The summed E-state index contributed by atoms with van der Waals surface area (Å²) in [7, 11) is 0. The van der Waals surface area contributed by atoms with Crippen molar-refractivity contribution < 1.29 is 22.8 Å². The number of alkyl halides is 3. The Bertz CT molecular complexity index is 1070. The van der Waals surface area contributed by atoms with Gasteiger partial charge in [-0.2, -0.15) is 13.2 Å². The van der Waals surface area contributed by atoms with Crippen LogP contribution in [0.3, 0.4) is 0 Å². The minimum Gasteiger partial charge on any atom is -0.355 e. The van der Waals surface area contributed by atoms with Gasteiger partial charge < -0.3 is 10.2 Å². The maximum Gasteiger partial charge on any atom is 0.416 e. The van der Waals surface area contributed by atoms with E-state index < -0.39 is 11.7 Å². The van der Waals surface area contributed by atoms with Crippen LogP contribution in [0.25, 0.3) is 6.08 Å². The van der Waals surface area contributed by atoms with Crippen LogP contribution >= 0.6 is 11.8 Å². The Morgan fingerprint density at radius 3 is 2.42 bits per heavy atom. The first-order valence-electron chi connectivity index (χ1n) is 12.2. The molecule has 36 heavy (non-hydrogen) atoms. The van der Waals surface area contributed by atoms with Gasteiger partial charge in [-0.25, -0.2) is 0 Å². The van der Waals surface area contributed by atoms with Crippen molar-refractivity contribution in [3.05, 3.63) is 64.6 Å². The van der Waals surface area contributed by atoms with E-state index in [1.807, 2.05) is 12.1 Å². The molecule has 5 nitrogen and oxygen atoms in total. The summed E-state index contributed by atoms with van der Waals surface area (Å²) >= 11 is 1.24. The minimum absolute atomic E-state index is 0.131. The first kappa shape index (κ1) is 27.8. The Hall–Kier alpha value is -2.78. The fourth-order valence-corrected chi connectivity index (χ4v) is 4.94. The highest BCUT2D eigenvalue weighted by Gasteiger charge is 2.31. The Morgan fingerprint density at radius 1 is 1.06 bits per heavy atom. The van der Waals surface area contributed by atoms with Gasteiger partial charge in [0.15, 0.2) is 0 Å². The van der Waals surface area contributed by atoms with Crippen LogP contribution in [-0.4, -0.2) is 49.4 Å². The highest BCUT2D eigenvalue weighted by molar-refractivity contribution is 8.04. The van der Waals surface area contributed by atoms with Crippen molar-refractivity contribution in [2.24, 2.45) is 0 Å². The van der Waals surface area contributed by atoms with Gasteiger partial charge in [0.2, 0.25) is 5.91 Å². The summed E-state index contributed by atoms with van der Waals surface area (Å²) in [6, 6.07) is 11.9. The van der Waals surface area contributed by atoms with Crippen LogP contribution < -0.4 is 10.2 Å². The lowest BCUT2D eigenvalue weighted by atomic mass is 10.1. The largest absolute Gasteiger partial charge is 0.416 e. The van der Waals surface area contributed by atoms with Gasteiger partial charge in [-0.05, 0) is 68.4 Å². The Labute approximate surface area is 214 Å². The van der Waals surface area contributed by atoms with Crippen molar-refractivity contribution in [1.29, 1.82) is 0 Å². The van der Waals surface area contributed by atoms with Crippen LogP contribution in [0.2, 0.25) is 0 Å². The number of rotatable bonds is 11. The lowest BCUT2D eigenvalue weighted by Crippen LogP contribution is -2.43. The molecule has 2 amide bonds. The quantitative estimate of drug-likeness (QED) is 0.301. The third-order valence-corrected chi connectivity index (χ3v) is 7.00. The van der Waals surface area contributed by atoms with Crippen molar-refractivity contribution in [2.45, 2.75) is 44.2 Å². The molecule has 0 bridgehead atoms. The molecule has 2 aromatic carbocycles. The van der Waals surface area contributed by atoms with Gasteiger partial charge in [-0.1, -0.05) is 56.3 Å². The van der Waals surface area contributed by atoms with E-state index in [9.17, 15) is 22.8 Å². The number of nitrogens with zero attached hydrogens (tertiary/aromatic N) is 2. The zero-order valence-electron chi connectivity index (χ0n) is 20.6. The van der Waals surface area contributed by atoms with E-state index in [2.05, 4.69) is 24.1 Å². The van der Waals surface area contributed by atoms with E-state index in [4.69, 9.17) is 0 Å². The van der Waals surface area contributed by atoms with Crippen LogP contribution in [0.5, 0.6) is 0 Å². The number of anilines is 1. The summed E-state index contributed by atoms with van der Waals surface area (Å²) in [6.45, 7) is 7.60. The predicted octanol–water partition coefficient (Wildman–Crippen LogP) is 5.81. The molecule has 3 rings (SSSR count). The molecule has 0 aromatic heterocycles. The first-order chi connectivity index (χ1) is 17.2.